The van der Waals surface area contributed by atoms with Gasteiger partial charge < -0.3 is 19.7 Å². The van der Waals surface area contributed by atoms with E-state index in [9.17, 15) is 4.79 Å². The van der Waals surface area contributed by atoms with Gasteiger partial charge in [-0.3, -0.25) is 4.79 Å². The molecular formula is C21H29ClN2O3S. The Morgan fingerprint density at radius 2 is 2.04 bits per heavy atom. The Morgan fingerprint density at radius 3 is 2.68 bits per heavy atom. The molecule has 28 heavy (non-hydrogen) atoms. The zero-order valence-electron chi connectivity index (χ0n) is 16.5. The number of rotatable bonds is 8. The van der Waals surface area contributed by atoms with Crippen molar-refractivity contribution < 1.29 is 14.3 Å². The molecule has 0 spiro atoms. The molecule has 1 aromatic heterocycles. The molecule has 3 rings (SSSR count). The molecule has 0 bridgehead atoms. The van der Waals surface area contributed by atoms with Gasteiger partial charge in [0.15, 0.2) is 11.5 Å². The fourth-order valence-corrected chi connectivity index (χ4v) is 3.98. The van der Waals surface area contributed by atoms with Gasteiger partial charge in [0.1, 0.15) is 6.61 Å². The highest BCUT2D eigenvalue weighted by Crippen LogP contribution is 2.30. The van der Waals surface area contributed by atoms with E-state index in [-0.39, 0.29) is 24.2 Å². The van der Waals surface area contributed by atoms with Gasteiger partial charge in [0.25, 0.3) is 0 Å². The molecule has 0 atom stereocenters. The second kappa shape index (κ2) is 11.3. The number of amides is 1. The first kappa shape index (κ1) is 22.5. The maximum absolute atomic E-state index is 12.8. The standard InChI is InChI=1S/C21H28N2O3S.ClH/c1-3-23(21(24)17-8-10-22-11-9-17)14-16-6-7-19(20(13-16)25-2)26-15-18-5-4-12-27-18;/h4-7,12-13,17,22H,3,8-11,14-15H2,1-2H3;1H. The highest BCUT2D eigenvalue weighted by atomic mass is 35.5. The number of hydrogen-bond donors (Lipinski definition) is 1. The van der Waals surface area contributed by atoms with Crippen molar-refractivity contribution in [3.05, 3.63) is 46.2 Å². The minimum atomic E-state index is 0. The molecule has 1 fully saturated rings. The summed E-state index contributed by atoms with van der Waals surface area (Å²) in [7, 11) is 1.65. The molecule has 0 aliphatic carbocycles. The molecule has 1 aliphatic rings. The van der Waals surface area contributed by atoms with Crippen molar-refractivity contribution in [3.8, 4) is 11.5 Å². The number of carbonyl (C=O) groups is 1. The van der Waals surface area contributed by atoms with Crippen LogP contribution in [0.25, 0.3) is 0 Å². The van der Waals surface area contributed by atoms with Crippen molar-refractivity contribution in [1.82, 2.24) is 10.2 Å². The third-order valence-corrected chi connectivity index (χ3v) is 5.78. The molecule has 1 amide bonds. The van der Waals surface area contributed by atoms with Gasteiger partial charge >= 0.3 is 0 Å². The van der Waals surface area contributed by atoms with Gasteiger partial charge in [0.2, 0.25) is 5.91 Å². The predicted octanol–water partition coefficient (Wildman–Crippen LogP) is 4.11. The summed E-state index contributed by atoms with van der Waals surface area (Å²) in [6.45, 7) is 5.73. The van der Waals surface area contributed by atoms with Crippen LogP contribution in [0.5, 0.6) is 11.5 Å². The molecule has 7 heteroatoms. The van der Waals surface area contributed by atoms with Gasteiger partial charge in [-0.15, -0.1) is 23.7 Å². The normalized spacial score (nSPS) is 14.2. The van der Waals surface area contributed by atoms with Crippen molar-refractivity contribution in [2.45, 2.75) is 32.9 Å². The first-order valence-corrected chi connectivity index (χ1v) is 10.4. The van der Waals surface area contributed by atoms with E-state index in [1.807, 2.05) is 41.5 Å². The third kappa shape index (κ3) is 5.87. The summed E-state index contributed by atoms with van der Waals surface area (Å²) in [5.41, 5.74) is 1.06. The summed E-state index contributed by atoms with van der Waals surface area (Å²) >= 11 is 1.67. The number of halogens is 1. The summed E-state index contributed by atoms with van der Waals surface area (Å²) in [6, 6.07) is 10.00. The lowest BCUT2D eigenvalue weighted by atomic mass is 9.96. The molecule has 0 radical (unpaired) electrons. The number of nitrogens with one attached hydrogen (secondary N) is 1. The number of nitrogens with zero attached hydrogens (tertiary/aromatic N) is 1. The van der Waals surface area contributed by atoms with Gasteiger partial charge in [-0.05, 0) is 62.0 Å². The number of thiophene rings is 1. The van der Waals surface area contributed by atoms with Crippen molar-refractivity contribution in [1.29, 1.82) is 0 Å². The van der Waals surface area contributed by atoms with Crippen molar-refractivity contribution in [3.63, 3.8) is 0 Å². The molecule has 5 nitrogen and oxygen atoms in total. The first-order valence-electron chi connectivity index (χ1n) is 9.53. The molecular weight excluding hydrogens is 396 g/mol. The Kier molecular flexibility index (Phi) is 9.09. The lowest BCUT2D eigenvalue weighted by Crippen LogP contribution is -2.40. The summed E-state index contributed by atoms with van der Waals surface area (Å²) in [5, 5.41) is 5.36. The van der Waals surface area contributed by atoms with Crippen LogP contribution in [0.15, 0.2) is 35.7 Å². The average Bonchev–Trinajstić information content (AvgIpc) is 3.24. The predicted molar refractivity (Wildman–Crippen MR) is 116 cm³/mol. The molecule has 1 aliphatic heterocycles. The van der Waals surface area contributed by atoms with Gasteiger partial charge in [-0.25, -0.2) is 0 Å². The molecule has 0 saturated carbocycles. The van der Waals surface area contributed by atoms with E-state index in [0.29, 0.717) is 25.4 Å². The fraction of sp³-hybridized carbons (Fsp3) is 0.476. The molecule has 154 valence electrons. The summed E-state index contributed by atoms with van der Waals surface area (Å²) in [4.78, 5) is 15.9. The van der Waals surface area contributed by atoms with Crippen LogP contribution in [-0.2, 0) is 17.9 Å². The number of carbonyl (C=O) groups excluding carboxylic acids is 1. The number of ether oxygens (including phenoxy) is 2. The zero-order chi connectivity index (χ0) is 19.1. The second-order valence-corrected chi connectivity index (χ2v) is 7.76. The van der Waals surface area contributed by atoms with Crippen molar-refractivity contribution in [2.24, 2.45) is 5.92 Å². The Labute approximate surface area is 177 Å². The summed E-state index contributed by atoms with van der Waals surface area (Å²) in [5.74, 6) is 1.83. The van der Waals surface area contributed by atoms with Crippen LogP contribution in [-0.4, -0.2) is 37.6 Å². The monoisotopic (exact) mass is 424 g/mol. The van der Waals surface area contributed by atoms with Crippen molar-refractivity contribution >= 4 is 29.7 Å². The number of hydrogen-bond acceptors (Lipinski definition) is 5. The SMILES string of the molecule is CCN(Cc1ccc(OCc2cccs2)c(OC)c1)C(=O)C1CCNCC1.Cl. The maximum atomic E-state index is 12.8. The lowest BCUT2D eigenvalue weighted by molar-refractivity contribution is -0.136. The number of benzene rings is 1. The van der Waals surface area contributed by atoms with E-state index in [1.54, 1.807) is 18.4 Å². The molecule has 1 aromatic carbocycles. The topological polar surface area (TPSA) is 50.8 Å². The van der Waals surface area contributed by atoms with Crippen LogP contribution in [0.2, 0.25) is 0 Å². The van der Waals surface area contributed by atoms with E-state index in [4.69, 9.17) is 9.47 Å². The smallest absolute Gasteiger partial charge is 0.226 e. The molecule has 1 saturated heterocycles. The molecule has 1 N–H and O–H groups in total. The maximum Gasteiger partial charge on any atom is 0.226 e. The van der Waals surface area contributed by atoms with Crippen LogP contribution in [0.4, 0.5) is 0 Å². The lowest BCUT2D eigenvalue weighted by Gasteiger charge is -2.29. The Morgan fingerprint density at radius 1 is 1.25 bits per heavy atom. The number of methoxy groups -OCH3 is 1. The van der Waals surface area contributed by atoms with Crippen LogP contribution in [0.1, 0.15) is 30.2 Å². The highest BCUT2D eigenvalue weighted by molar-refractivity contribution is 7.09. The fourth-order valence-electron chi connectivity index (χ4n) is 3.37. The van der Waals surface area contributed by atoms with Gasteiger partial charge in [0, 0.05) is 23.9 Å². The summed E-state index contributed by atoms with van der Waals surface area (Å²) in [6.07, 6.45) is 1.85. The number of piperidine rings is 1. The second-order valence-electron chi connectivity index (χ2n) is 6.73. The quantitative estimate of drug-likeness (QED) is 0.692. The first-order chi connectivity index (χ1) is 13.2. The minimum Gasteiger partial charge on any atom is -0.493 e. The molecule has 2 heterocycles. The van der Waals surface area contributed by atoms with Crippen LogP contribution >= 0.6 is 23.7 Å². The Hall–Kier alpha value is -1.76. The van der Waals surface area contributed by atoms with E-state index in [2.05, 4.69) is 11.4 Å². The van der Waals surface area contributed by atoms with E-state index < -0.39 is 0 Å². The Balaban J connectivity index is 0.00000280. The van der Waals surface area contributed by atoms with Gasteiger partial charge in [-0.1, -0.05) is 12.1 Å². The van der Waals surface area contributed by atoms with Crippen LogP contribution < -0.4 is 14.8 Å². The zero-order valence-corrected chi connectivity index (χ0v) is 18.1. The average molecular weight is 425 g/mol. The highest BCUT2D eigenvalue weighted by Gasteiger charge is 2.25. The van der Waals surface area contributed by atoms with Crippen LogP contribution in [0.3, 0.4) is 0 Å². The third-order valence-electron chi connectivity index (χ3n) is 4.93. The Bertz CT molecular complexity index is 733. The molecule has 2 aromatic rings. The molecule has 0 unspecified atom stereocenters. The van der Waals surface area contributed by atoms with E-state index >= 15 is 0 Å². The van der Waals surface area contributed by atoms with E-state index in [1.165, 1.54) is 4.88 Å². The minimum absolute atomic E-state index is 0. The van der Waals surface area contributed by atoms with Crippen molar-refractivity contribution in [2.75, 3.05) is 26.7 Å². The van der Waals surface area contributed by atoms with Crippen LogP contribution in [0, 0.1) is 5.92 Å². The largest absolute Gasteiger partial charge is 0.493 e. The van der Waals surface area contributed by atoms with Gasteiger partial charge in [-0.2, -0.15) is 0 Å². The van der Waals surface area contributed by atoms with E-state index in [0.717, 1.165) is 37.2 Å². The summed E-state index contributed by atoms with van der Waals surface area (Å²) < 4.78 is 11.4. The van der Waals surface area contributed by atoms with Gasteiger partial charge in [0.05, 0.1) is 7.11 Å².